The molecule has 0 spiro atoms. The zero-order chi connectivity index (χ0) is 24.6. The quantitative estimate of drug-likeness (QED) is 0.476. The Morgan fingerprint density at radius 2 is 1.74 bits per heavy atom. The number of hydrogen-bond acceptors (Lipinski definition) is 4. The van der Waals surface area contributed by atoms with Crippen molar-refractivity contribution in [3.05, 3.63) is 89.5 Å². The summed E-state index contributed by atoms with van der Waals surface area (Å²) in [5, 5.41) is 0. The molecule has 5 rings (SSSR count). The number of fused-ring (bicyclic) bond motifs is 2. The van der Waals surface area contributed by atoms with Crippen LogP contribution in [-0.2, 0) is 17.4 Å². The molecule has 1 saturated heterocycles. The molecule has 1 amide bonds. The van der Waals surface area contributed by atoms with E-state index in [9.17, 15) is 18.0 Å². The number of alkyl halides is 3. The number of ether oxygens (including phenoxy) is 1. The Bertz CT molecular complexity index is 1270. The predicted octanol–water partition coefficient (Wildman–Crippen LogP) is 5.66. The van der Waals surface area contributed by atoms with Gasteiger partial charge >= 0.3 is 6.18 Å². The molecule has 5 nitrogen and oxygen atoms in total. The second-order valence-corrected chi connectivity index (χ2v) is 8.76. The molecule has 0 aromatic heterocycles. The van der Waals surface area contributed by atoms with Crippen molar-refractivity contribution in [3.63, 3.8) is 0 Å². The molecule has 0 aliphatic carbocycles. The van der Waals surface area contributed by atoms with Crippen molar-refractivity contribution in [1.29, 1.82) is 0 Å². The Balaban J connectivity index is 1.43. The number of para-hydroxylation sites is 1. The maximum absolute atomic E-state index is 13.4. The minimum Gasteiger partial charge on any atom is -0.454 e. The van der Waals surface area contributed by atoms with Gasteiger partial charge in [-0.1, -0.05) is 42.5 Å². The molecule has 3 aromatic carbocycles. The number of hydrogen-bond donors (Lipinski definition) is 0. The summed E-state index contributed by atoms with van der Waals surface area (Å²) in [6, 6.07) is 20.1. The van der Waals surface area contributed by atoms with Crippen LogP contribution in [0.1, 0.15) is 23.6 Å². The topological polar surface area (TPSA) is 45.1 Å². The van der Waals surface area contributed by atoms with Gasteiger partial charge in [-0.25, -0.2) is 4.99 Å². The number of nitrogens with zero attached hydrogens (tertiary/aromatic N) is 3. The standard InChI is InChI=1S/C27H24F3N3O2/c1-18-17-32(13-14-33(18)25(34)15-19-7-3-2-4-8-19)26-21-9-5-6-10-23(21)35-24-12-11-20(27(28,29)30)16-22(24)31-26/h2-12,16,18H,13-15,17H2,1H3. The van der Waals surface area contributed by atoms with Gasteiger partial charge in [-0.3, -0.25) is 4.79 Å². The first kappa shape index (κ1) is 23.0. The average Bonchev–Trinajstić information content (AvgIpc) is 3.00. The van der Waals surface area contributed by atoms with Crippen LogP contribution < -0.4 is 4.74 Å². The van der Waals surface area contributed by atoms with Crippen LogP contribution in [0, 0.1) is 0 Å². The number of amidine groups is 1. The number of carbonyl (C=O) groups is 1. The Hall–Kier alpha value is -3.81. The molecule has 2 heterocycles. The van der Waals surface area contributed by atoms with E-state index in [1.807, 2.05) is 65.3 Å². The molecule has 180 valence electrons. The summed E-state index contributed by atoms with van der Waals surface area (Å²) >= 11 is 0. The van der Waals surface area contributed by atoms with Crippen LogP contribution in [0.4, 0.5) is 18.9 Å². The Morgan fingerprint density at radius 1 is 1.00 bits per heavy atom. The molecule has 1 fully saturated rings. The lowest BCUT2D eigenvalue weighted by Gasteiger charge is -2.41. The van der Waals surface area contributed by atoms with E-state index < -0.39 is 11.7 Å². The third kappa shape index (κ3) is 4.73. The van der Waals surface area contributed by atoms with Crippen LogP contribution in [0.2, 0.25) is 0 Å². The second kappa shape index (κ2) is 9.09. The van der Waals surface area contributed by atoms with Crippen molar-refractivity contribution in [2.75, 3.05) is 19.6 Å². The van der Waals surface area contributed by atoms with Crippen molar-refractivity contribution in [2.24, 2.45) is 4.99 Å². The summed E-state index contributed by atoms with van der Waals surface area (Å²) in [5.41, 5.74) is 1.01. The SMILES string of the molecule is CC1CN(C2=Nc3cc(C(F)(F)F)ccc3Oc3ccccc32)CCN1C(=O)Cc1ccccc1. The fourth-order valence-corrected chi connectivity index (χ4v) is 4.53. The maximum atomic E-state index is 13.4. The van der Waals surface area contributed by atoms with Crippen molar-refractivity contribution in [1.82, 2.24) is 9.80 Å². The zero-order valence-corrected chi connectivity index (χ0v) is 19.1. The summed E-state index contributed by atoms with van der Waals surface area (Å²) in [6.45, 7) is 3.48. The first-order valence-electron chi connectivity index (χ1n) is 11.4. The Morgan fingerprint density at radius 3 is 2.49 bits per heavy atom. The van der Waals surface area contributed by atoms with Gasteiger partial charge in [-0.2, -0.15) is 13.2 Å². The van der Waals surface area contributed by atoms with Gasteiger partial charge in [-0.05, 0) is 42.8 Å². The van der Waals surface area contributed by atoms with Gasteiger partial charge in [0.1, 0.15) is 17.3 Å². The van der Waals surface area contributed by atoms with Gasteiger partial charge < -0.3 is 14.5 Å². The fraction of sp³-hybridized carbons (Fsp3) is 0.259. The van der Waals surface area contributed by atoms with Crippen molar-refractivity contribution >= 4 is 17.4 Å². The van der Waals surface area contributed by atoms with E-state index in [2.05, 4.69) is 4.99 Å². The lowest BCUT2D eigenvalue weighted by atomic mass is 10.1. The Labute approximate surface area is 201 Å². The molecule has 1 unspecified atom stereocenters. The van der Waals surface area contributed by atoms with E-state index >= 15 is 0 Å². The molecule has 35 heavy (non-hydrogen) atoms. The summed E-state index contributed by atoms with van der Waals surface area (Å²) in [6.07, 6.45) is -4.15. The number of piperazine rings is 1. The molecular formula is C27H24F3N3O2. The van der Waals surface area contributed by atoms with E-state index in [0.717, 1.165) is 17.7 Å². The number of carbonyl (C=O) groups excluding carboxylic acids is 1. The number of amides is 1. The normalized spacial score (nSPS) is 17.6. The highest BCUT2D eigenvalue weighted by atomic mass is 19.4. The lowest BCUT2D eigenvalue weighted by Crippen LogP contribution is -2.55. The number of benzene rings is 3. The maximum Gasteiger partial charge on any atom is 0.416 e. The molecule has 0 bridgehead atoms. The van der Waals surface area contributed by atoms with Gasteiger partial charge in [0.15, 0.2) is 5.75 Å². The van der Waals surface area contributed by atoms with E-state index in [4.69, 9.17) is 4.74 Å². The monoisotopic (exact) mass is 479 g/mol. The zero-order valence-electron chi connectivity index (χ0n) is 19.1. The molecular weight excluding hydrogens is 455 g/mol. The average molecular weight is 480 g/mol. The molecule has 1 atom stereocenters. The highest BCUT2D eigenvalue weighted by Crippen LogP contribution is 2.41. The second-order valence-electron chi connectivity index (χ2n) is 8.76. The minimum atomic E-state index is -4.48. The summed E-state index contributed by atoms with van der Waals surface area (Å²) in [7, 11) is 0. The fourth-order valence-electron chi connectivity index (χ4n) is 4.53. The van der Waals surface area contributed by atoms with E-state index in [1.54, 1.807) is 6.07 Å². The predicted molar refractivity (Wildman–Crippen MR) is 127 cm³/mol. The molecule has 0 radical (unpaired) electrons. The van der Waals surface area contributed by atoms with E-state index in [-0.39, 0.29) is 23.4 Å². The summed E-state index contributed by atoms with van der Waals surface area (Å²) < 4.78 is 46.1. The molecule has 2 aliphatic rings. The van der Waals surface area contributed by atoms with Gasteiger partial charge in [-0.15, -0.1) is 0 Å². The third-order valence-corrected chi connectivity index (χ3v) is 6.31. The van der Waals surface area contributed by atoms with E-state index in [1.165, 1.54) is 6.07 Å². The third-order valence-electron chi connectivity index (χ3n) is 6.31. The van der Waals surface area contributed by atoms with Crippen molar-refractivity contribution < 1.29 is 22.7 Å². The molecule has 0 saturated carbocycles. The largest absolute Gasteiger partial charge is 0.454 e. The molecule has 2 aliphatic heterocycles. The number of rotatable bonds is 2. The van der Waals surface area contributed by atoms with Crippen LogP contribution >= 0.6 is 0 Å². The number of halogens is 3. The first-order chi connectivity index (χ1) is 16.8. The van der Waals surface area contributed by atoms with Crippen LogP contribution in [0.25, 0.3) is 0 Å². The smallest absolute Gasteiger partial charge is 0.416 e. The van der Waals surface area contributed by atoms with Crippen LogP contribution in [0.5, 0.6) is 11.5 Å². The van der Waals surface area contributed by atoms with Crippen LogP contribution in [0.3, 0.4) is 0 Å². The first-order valence-corrected chi connectivity index (χ1v) is 11.4. The minimum absolute atomic E-state index is 0.0510. The van der Waals surface area contributed by atoms with Gasteiger partial charge in [0.05, 0.1) is 17.5 Å². The molecule has 0 N–H and O–H groups in total. The van der Waals surface area contributed by atoms with Crippen LogP contribution in [-0.4, -0.2) is 47.2 Å². The highest BCUT2D eigenvalue weighted by molar-refractivity contribution is 6.04. The Kier molecular flexibility index (Phi) is 5.96. The highest BCUT2D eigenvalue weighted by Gasteiger charge is 2.34. The van der Waals surface area contributed by atoms with Gasteiger partial charge in [0.2, 0.25) is 5.91 Å². The van der Waals surface area contributed by atoms with Gasteiger partial charge in [0.25, 0.3) is 0 Å². The molecule has 3 aromatic rings. The van der Waals surface area contributed by atoms with Crippen LogP contribution in [0.15, 0.2) is 77.8 Å². The van der Waals surface area contributed by atoms with Crippen molar-refractivity contribution in [2.45, 2.75) is 25.6 Å². The summed E-state index contributed by atoms with van der Waals surface area (Å²) in [4.78, 5) is 21.5. The van der Waals surface area contributed by atoms with E-state index in [0.29, 0.717) is 43.2 Å². The number of aliphatic imine (C=N–C) groups is 1. The lowest BCUT2D eigenvalue weighted by molar-refractivity contribution is -0.137. The molecule has 8 heteroatoms. The van der Waals surface area contributed by atoms with Gasteiger partial charge in [0, 0.05) is 25.7 Å². The summed E-state index contributed by atoms with van der Waals surface area (Å²) in [5.74, 6) is 1.39. The van der Waals surface area contributed by atoms with Crippen molar-refractivity contribution in [3.8, 4) is 11.5 Å².